The van der Waals surface area contributed by atoms with Crippen molar-refractivity contribution in [1.29, 1.82) is 0 Å². The fourth-order valence-electron chi connectivity index (χ4n) is 3.96. The minimum absolute atomic E-state index is 0.0251. The van der Waals surface area contributed by atoms with E-state index >= 15 is 0 Å². The van der Waals surface area contributed by atoms with Crippen LogP contribution in [0.3, 0.4) is 0 Å². The molecule has 1 aromatic rings. The van der Waals surface area contributed by atoms with Crippen molar-refractivity contribution in [1.82, 2.24) is 10.2 Å². The molecule has 1 N–H and O–H groups in total. The van der Waals surface area contributed by atoms with Gasteiger partial charge in [-0.05, 0) is 49.0 Å². The maximum Gasteiger partial charge on any atom is 0.223 e. The Morgan fingerprint density at radius 2 is 1.69 bits per heavy atom. The van der Waals surface area contributed by atoms with Gasteiger partial charge in [-0.3, -0.25) is 9.59 Å². The van der Waals surface area contributed by atoms with Gasteiger partial charge in [-0.25, -0.2) is 0 Å². The predicted molar refractivity (Wildman–Crippen MR) is 120 cm³/mol. The number of likely N-dealkylation sites (tertiary alicyclic amines) is 1. The first-order chi connectivity index (χ1) is 13.7. The largest absolute Gasteiger partial charge is 0.353 e. The van der Waals surface area contributed by atoms with Gasteiger partial charge in [-0.1, -0.05) is 65.0 Å². The lowest BCUT2D eigenvalue weighted by Gasteiger charge is -2.36. The molecule has 1 heterocycles. The Morgan fingerprint density at radius 3 is 2.24 bits per heavy atom. The summed E-state index contributed by atoms with van der Waals surface area (Å²) < 4.78 is 0. The third-order valence-electron chi connectivity index (χ3n) is 6.08. The summed E-state index contributed by atoms with van der Waals surface area (Å²) in [5, 5.41) is 3.33. The molecule has 1 atom stereocenters. The van der Waals surface area contributed by atoms with Crippen molar-refractivity contribution >= 4 is 11.8 Å². The van der Waals surface area contributed by atoms with Crippen molar-refractivity contribution in [3.63, 3.8) is 0 Å². The lowest BCUT2D eigenvalue weighted by atomic mass is 9.82. The molecule has 1 aromatic carbocycles. The Hall–Kier alpha value is -1.84. The molecule has 1 aliphatic heterocycles. The molecule has 0 aliphatic carbocycles. The molecule has 0 aromatic heterocycles. The van der Waals surface area contributed by atoms with Crippen molar-refractivity contribution in [2.45, 2.75) is 79.2 Å². The Balaban J connectivity index is 1.79. The summed E-state index contributed by atoms with van der Waals surface area (Å²) in [7, 11) is 0. The quantitative estimate of drug-likeness (QED) is 0.680. The number of piperidine rings is 1. The average Bonchev–Trinajstić information content (AvgIpc) is 2.69. The summed E-state index contributed by atoms with van der Waals surface area (Å²) in [6.45, 7) is 12.4. The second-order valence-corrected chi connectivity index (χ2v) is 10.0. The van der Waals surface area contributed by atoms with E-state index in [1.165, 1.54) is 5.56 Å². The monoisotopic (exact) mass is 400 g/mol. The number of carbonyl (C=O) groups is 2. The van der Waals surface area contributed by atoms with Crippen molar-refractivity contribution in [2.24, 2.45) is 17.3 Å². The molecule has 0 saturated carbocycles. The lowest BCUT2D eigenvalue weighted by Crippen LogP contribution is -2.49. The van der Waals surface area contributed by atoms with E-state index in [4.69, 9.17) is 0 Å². The molecule has 1 saturated heterocycles. The first-order valence-corrected chi connectivity index (χ1v) is 11.3. The van der Waals surface area contributed by atoms with Crippen LogP contribution in [-0.2, 0) is 16.0 Å². The van der Waals surface area contributed by atoms with E-state index in [-0.39, 0.29) is 29.2 Å². The number of nitrogens with zero attached hydrogens (tertiary/aromatic N) is 1. The SMILES string of the molecule is CC(C)CCC(NC(=O)C1CCN(C(=O)CCc2ccccc2)CC1)C(C)(C)C. The Labute approximate surface area is 177 Å². The van der Waals surface area contributed by atoms with Crippen LogP contribution in [0.2, 0.25) is 0 Å². The highest BCUT2D eigenvalue weighted by Crippen LogP contribution is 2.26. The van der Waals surface area contributed by atoms with Crippen LogP contribution >= 0.6 is 0 Å². The highest BCUT2D eigenvalue weighted by atomic mass is 16.2. The van der Waals surface area contributed by atoms with Crippen LogP contribution in [0, 0.1) is 17.3 Å². The highest BCUT2D eigenvalue weighted by molar-refractivity contribution is 5.80. The van der Waals surface area contributed by atoms with E-state index in [9.17, 15) is 9.59 Å². The highest BCUT2D eigenvalue weighted by Gasteiger charge is 2.31. The molecule has 2 amide bonds. The topological polar surface area (TPSA) is 49.4 Å². The van der Waals surface area contributed by atoms with Gasteiger partial charge in [-0.15, -0.1) is 0 Å². The molecule has 0 radical (unpaired) electrons. The smallest absolute Gasteiger partial charge is 0.223 e. The van der Waals surface area contributed by atoms with Gasteiger partial charge in [0, 0.05) is 31.5 Å². The zero-order chi connectivity index (χ0) is 21.4. The number of rotatable bonds is 8. The zero-order valence-corrected chi connectivity index (χ0v) is 19.0. The minimum atomic E-state index is 0.0251. The molecule has 1 aliphatic rings. The fourth-order valence-corrected chi connectivity index (χ4v) is 3.96. The molecule has 4 heteroatoms. The Morgan fingerprint density at radius 1 is 1.07 bits per heavy atom. The van der Waals surface area contributed by atoms with Crippen LogP contribution in [0.5, 0.6) is 0 Å². The number of aryl methyl sites for hydroxylation is 1. The van der Waals surface area contributed by atoms with Crippen molar-refractivity contribution in [3.8, 4) is 0 Å². The van der Waals surface area contributed by atoms with Gasteiger partial charge in [0.2, 0.25) is 11.8 Å². The van der Waals surface area contributed by atoms with Gasteiger partial charge < -0.3 is 10.2 Å². The molecule has 0 bridgehead atoms. The molecule has 1 unspecified atom stereocenters. The van der Waals surface area contributed by atoms with E-state index in [0.717, 1.165) is 32.1 Å². The maximum atomic E-state index is 12.9. The van der Waals surface area contributed by atoms with Crippen LogP contribution in [0.25, 0.3) is 0 Å². The van der Waals surface area contributed by atoms with Gasteiger partial charge in [0.25, 0.3) is 0 Å². The van der Waals surface area contributed by atoms with E-state index in [0.29, 0.717) is 25.4 Å². The number of hydrogen-bond acceptors (Lipinski definition) is 2. The maximum absolute atomic E-state index is 12.9. The van der Waals surface area contributed by atoms with Crippen LogP contribution in [0.1, 0.15) is 72.3 Å². The summed E-state index contributed by atoms with van der Waals surface area (Å²) in [4.78, 5) is 27.3. The van der Waals surface area contributed by atoms with Gasteiger partial charge >= 0.3 is 0 Å². The summed E-state index contributed by atoms with van der Waals surface area (Å²) >= 11 is 0. The number of nitrogens with one attached hydrogen (secondary N) is 1. The van der Waals surface area contributed by atoms with Crippen molar-refractivity contribution in [3.05, 3.63) is 35.9 Å². The standard InChI is InChI=1S/C25H40N2O2/c1-19(2)11-13-22(25(3,4)5)26-24(29)21-15-17-27(18-16-21)23(28)14-12-20-9-7-6-8-10-20/h6-10,19,21-22H,11-18H2,1-5H3,(H,26,29). The van der Waals surface area contributed by atoms with Crippen LogP contribution in [-0.4, -0.2) is 35.8 Å². The lowest BCUT2D eigenvalue weighted by molar-refractivity contribution is -0.136. The van der Waals surface area contributed by atoms with Crippen LogP contribution in [0.15, 0.2) is 30.3 Å². The second-order valence-electron chi connectivity index (χ2n) is 10.0. The molecule has 2 rings (SSSR count). The minimum Gasteiger partial charge on any atom is -0.353 e. The van der Waals surface area contributed by atoms with E-state index in [2.05, 4.69) is 52.1 Å². The normalized spacial score (nSPS) is 16.7. The summed E-state index contributed by atoms with van der Waals surface area (Å²) in [6, 6.07) is 10.3. The van der Waals surface area contributed by atoms with E-state index in [1.54, 1.807) is 0 Å². The summed E-state index contributed by atoms with van der Waals surface area (Å²) in [5.41, 5.74) is 1.25. The molecule has 1 fully saturated rings. The molecule has 162 valence electrons. The number of carbonyl (C=O) groups excluding carboxylic acids is 2. The van der Waals surface area contributed by atoms with Crippen molar-refractivity contribution < 1.29 is 9.59 Å². The van der Waals surface area contributed by atoms with Crippen molar-refractivity contribution in [2.75, 3.05) is 13.1 Å². The average molecular weight is 401 g/mol. The molecule has 29 heavy (non-hydrogen) atoms. The number of hydrogen-bond donors (Lipinski definition) is 1. The van der Waals surface area contributed by atoms with Gasteiger partial charge in [0.15, 0.2) is 0 Å². The van der Waals surface area contributed by atoms with Crippen LogP contribution in [0.4, 0.5) is 0 Å². The number of benzene rings is 1. The van der Waals surface area contributed by atoms with Gasteiger partial charge in [-0.2, -0.15) is 0 Å². The van der Waals surface area contributed by atoms with Gasteiger partial charge in [0.1, 0.15) is 0 Å². The first kappa shape index (κ1) is 23.4. The zero-order valence-electron chi connectivity index (χ0n) is 19.0. The number of amides is 2. The summed E-state index contributed by atoms with van der Waals surface area (Å²) in [5.74, 6) is 1.04. The molecular weight excluding hydrogens is 360 g/mol. The first-order valence-electron chi connectivity index (χ1n) is 11.3. The third-order valence-corrected chi connectivity index (χ3v) is 6.08. The second kappa shape index (κ2) is 10.8. The van der Waals surface area contributed by atoms with Crippen LogP contribution < -0.4 is 5.32 Å². The van der Waals surface area contributed by atoms with E-state index in [1.807, 2.05) is 23.1 Å². The Kier molecular flexibility index (Phi) is 8.73. The molecular formula is C25H40N2O2. The Bertz CT molecular complexity index is 641. The van der Waals surface area contributed by atoms with E-state index < -0.39 is 0 Å². The fraction of sp³-hybridized carbons (Fsp3) is 0.680. The third kappa shape index (κ3) is 7.83. The molecule has 0 spiro atoms. The summed E-state index contributed by atoms with van der Waals surface area (Å²) in [6.07, 6.45) is 5.00. The predicted octanol–water partition coefficient (Wildman–Crippen LogP) is 4.82. The van der Waals surface area contributed by atoms with Gasteiger partial charge in [0.05, 0.1) is 0 Å². The molecule has 4 nitrogen and oxygen atoms in total.